The van der Waals surface area contributed by atoms with E-state index in [2.05, 4.69) is 13.8 Å². The van der Waals surface area contributed by atoms with Gasteiger partial charge < -0.3 is 0 Å². The molecule has 0 aliphatic carbocycles. The van der Waals surface area contributed by atoms with Gasteiger partial charge in [-0.3, -0.25) is 0 Å². The van der Waals surface area contributed by atoms with Crippen molar-refractivity contribution in [1.82, 2.24) is 4.31 Å². The van der Waals surface area contributed by atoms with E-state index in [-0.39, 0.29) is 15.8 Å². The first-order valence-electron chi connectivity index (χ1n) is 6.79. The van der Waals surface area contributed by atoms with E-state index < -0.39 is 10.0 Å². The van der Waals surface area contributed by atoms with Gasteiger partial charge in [-0.2, -0.15) is 4.31 Å². The highest BCUT2D eigenvalue weighted by Gasteiger charge is 2.33. The van der Waals surface area contributed by atoms with Crippen LogP contribution < -0.4 is 0 Å². The van der Waals surface area contributed by atoms with E-state index >= 15 is 0 Å². The number of rotatable bonds is 3. The summed E-state index contributed by atoms with van der Waals surface area (Å²) in [5.41, 5.74) is 0.530. The predicted octanol–water partition coefficient (Wildman–Crippen LogP) is 4.40. The number of hydrogen-bond acceptors (Lipinski definition) is 2. The molecule has 1 aliphatic heterocycles. The topological polar surface area (TPSA) is 37.4 Å². The van der Waals surface area contributed by atoms with Crippen molar-refractivity contribution in [3.63, 3.8) is 0 Å². The predicted molar refractivity (Wildman–Crippen MR) is 87.7 cm³/mol. The van der Waals surface area contributed by atoms with Crippen LogP contribution in [0.15, 0.2) is 17.0 Å². The van der Waals surface area contributed by atoms with Gasteiger partial charge in [-0.15, -0.1) is 11.6 Å². The molecule has 1 fully saturated rings. The lowest BCUT2D eigenvalue weighted by molar-refractivity contribution is 0.222. The zero-order valence-electron chi connectivity index (χ0n) is 11.9. The number of piperidine rings is 1. The van der Waals surface area contributed by atoms with E-state index in [0.29, 0.717) is 35.5 Å². The molecule has 2 atom stereocenters. The fourth-order valence-electron chi connectivity index (χ4n) is 2.84. The molecule has 118 valence electrons. The molecular formula is C14H18Cl3NO2S. The van der Waals surface area contributed by atoms with Crippen molar-refractivity contribution in [2.45, 2.75) is 31.0 Å². The van der Waals surface area contributed by atoms with Gasteiger partial charge in [0.1, 0.15) is 4.90 Å². The van der Waals surface area contributed by atoms with Crippen LogP contribution in [-0.2, 0) is 15.9 Å². The summed E-state index contributed by atoms with van der Waals surface area (Å²) in [7, 11) is -3.66. The molecule has 0 N–H and O–H groups in total. The van der Waals surface area contributed by atoms with Crippen molar-refractivity contribution in [3.05, 3.63) is 27.7 Å². The first kappa shape index (κ1) is 17.4. The van der Waals surface area contributed by atoms with Crippen LogP contribution in [0.25, 0.3) is 0 Å². The minimum atomic E-state index is -3.66. The summed E-state index contributed by atoms with van der Waals surface area (Å²) in [5.74, 6) is 0.775. The van der Waals surface area contributed by atoms with E-state index in [9.17, 15) is 8.42 Å². The normalized spacial score (nSPS) is 24.2. The van der Waals surface area contributed by atoms with Gasteiger partial charge in [0.2, 0.25) is 10.0 Å². The molecule has 0 radical (unpaired) electrons. The lowest BCUT2D eigenvalue weighted by Gasteiger charge is -2.34. The molecular weight excluding hydrogens is 353 g/mol. The third-order valence-electron chi connectivity index (χ3n) is 3.68. The number of nitrogens with zero attached hydrogens (tertiary/aromatic N) is 1. The Hall–Kier alpha value is -0.000000000000000111. The molecule has 1 aliphatic rings. The van der Waals surface area contributed by atoms with E-state index in [1.165, 1.54) is 10.4 Å². The zero-order valence-corrected chi connectivity index (χ0v) is 15.0. The number of benzene rings is 1. The van der Waals surface area contributed by atoms with Crippen LogP contribution in [0.2, 0.25) is 10.0 Å². The Balaban J connectivity index is 2.47. The lowest BCUT2D eigenvalue weighted by atomic mass is 9.94. The van der Waals surface area contributed by atoms with Crippen LogP contribution in [0.3, 0.4) is 0 Å². The molecule has 1 aromatic rings. The molecule has 2 rings (SSSR count). The van der Waals surface area contributed by atoms with Crippen LogP contribution in [0.1, 0.15) is 25.8 Å². The van der Waals surface area contributed by atoms with Gasteiger partial charge in [-0.05, 0) is 36.0 Å². The van der Waals surface area contributed by atoms with Crippen molar-refractivity contribution in [3.8, 4) is 0 Å². The van der Waals surface area contributed by atoms with Gasteiger partial charge in [0.05, 0.1) is 5.02 Å². The average Bonchev–Trinajstić information content (AvgIpc) is 2.39. The summed E-state index contributed by atoms with van der Waals surface area (Å²) >= 11 is 18.0. The second-order valence-corrected chi connectivity index (χ2v) is 8.77. The van der Waals surface area contributed by atoms with Gasteiger partial charge in [-0.1, -0.05) is 37.0 Å². The van der Waals surface area contributed by atoms with Gasteiger partial charge in [-0.25, -0.2) is 8.42 Å². The Labute approximate surface area is 141 Å². The van der Waals surface area contributed by atoms with Crippen molar-refractivity contribution < 1.29 is 8.42 Å². The fraction of sp³-hybridized carbons (Fsp3) is 0.571. The number of hydrogen-bond donors (Lipinski definition) is 0. The van der Waals surface area contributed by atoms with Crippen molar-refractivity contribution in [1.29, 1.82) is 0 Å². The number of halogens is 3. The Morgan fingerprint density at radius 2 is 1.76 bits per heavy atom. The van der Waals surface area contributed by atoms with Crippen molar-refractivity contribution in [2.75, 3.05) is 13.1 Å². The molecule has 2 unspecified atom stereocenters. The maximum absolute atomic E-state index is 12.9. The molecule has 0 aromatic heterocycles. The first-order chi connectivity index (χ1) is 9.75. The molecule has 0 saturated carbocycles. The molecule has 3 nitrogen and oxygen atoms in total. The average molecular weight is 371 g/mol. The Morgan fingerprint density at radius 1 is 1.19 bits per heavy atom. The molecule has 0 spiro atoms. The highest BCUT2D eigenvalue weighted by molar-refractivity contribution is 7.89. The van der Waals surface area contributed by atoms with E-state index in [1.807, 2.05) is 0 Å². The molecule has 1 aromatic carbocycles. The SMILES string of the molecule is CC1CC(C)CN(S(=O)(=O)c2cc(Cl)cc(CCl)c2Cl)C1. The van der Waals surface area contributed by atoms with E-state index in [0.717, 1.165) is 6.42 Å². The quantitative estimate of drug-likeness (QED) is 0.740. The molecule has 0 bridgehead atoms. The minimum Gasteiger partial charge on any atom is -0.207 e. The molecule has 1 saturated heterocycles. The third-order valence-corrected chi connectivity index (χ3v) is 6.60. The Morgan fingerprint density at radius 3 is 2.29 bits per heavy atom. The van der Waals surface area contributed by atoms with Crippen LogP contribution in [0.4, 0.5) is 0 Å². The summed E-state index contributed by atoms with van der Waals surface area (Å²) < 4.78 is 27.2. The van der Waals surface area contributed by atoms with Gasteiger partial charge in [0, 0.05) is 24.0 Å². The maximum atomic E-state index is 12.9. The largest absolute Gasteiger partial charge is 0.244 e. The van der Waals surface area contributed by atoms with Gasteiger partial charge in [0.25, 0.3) is 0 Å². The summed E-state index contributed by atoms with van der Waals surface area (Å²) in [4.78, 5) is 0.0496. The van der Waals surface area contributed by atoms with Crippen LogP contribution >= 0.6 is 34.8 Å². The smallest absolute Gasteiger partial charge is 0.207 e. The molecule has 1 heterocycles. The highest BCUT2D eigenvalue weighted by Crippen LogP contribution is 2.34. The standard InChI is InChI=1S/C14H18Cl3NO2S/c1-9-3-10(2)8-18(7-9)21(19,20)13-5-12(16)4-11(6-15)14(13)17/h4-5,9-10H,3,6-8H2,1-2H3. The van der Waals surface area contributed by atoms with Gasteiger partial charge in [0.15, 0.2) is 0 Å². The minimum absolute atomic E-state index is 0.0496. The summed E-state index contributed by atoms with van der Waals surface area (Å²) in [6, 6.07) is 3.00. The number of sulfonamides is 1. The second kappa shape index (κ2) is 6.63. The fourth-order valence-corrected chi connectivity index (χ4v) is 5.71. The molecule has 0 amide bonds. The summed E-state index contributed by atoms with van der Waals surface area (Å²) in [5, 5.41) is 0.493. The van der Waals surface area contributed by atoms with Crippen molar-refractivity contribution in [2.24, 2.45) is 11.8 Å². The van der Waals surface area contributed by atoms with E-state index in [1.54, 1.807) is 6.07 Å². The van der Waals surface area contributed by atoms with Crippen LogP contribution in [0.5, 0.6) is 0 Å². The summed E-state index contributed by atoms with van der Waals surface area (Å²) in [6.45, 7) is 5.13. The molecule has 7 heteroatoms. The Bertz CT molecular complexity index is 623. The summed E-state index contributed by atoms with van der Waals surface area (Å²) in [6.07, 6.45) is 1.03. The Kier molecular flexibility index (Phi) is 5.48. The highest BCUT2D eigenvalue weighted by atomic mass is 35.5. The first-order valence-corrected chi connectivity index (χ1v) is 9.52. The van der Waals surface area contributed by atoms with Gasteiger partial charge >= 0.3 is 0 Å². The maximum Gasteiger partial charge on any atom is 0.244 e. The molecule has 21 heavy (non-hydrogen) atoms. The second-order valence-electron chi connectivity index (χ2n) is 5.78. The zero-order chi connectivity index (χ0) is 15.8. The van der Waals surface area contributed by atoms with E-state index in [4.69, 9.17) is 34.8 Å². The van der Waals surface area contributed by atoms with Crippen molar-refractivity contribution >= 4 is 44.8 Å². The lowest BCUT2D eigenvalue weighted by Crippen LogP contribution is -2.42. The monoisotopic (exact) mass is 369 g/mol. The third kappa shape index (κ3) is 3.67. The van der Waals surface area contributed by atoms with Crippen LogP contribution in [0, 0.1) is 11.8 Å². The van der Waals surface area contributed by atoms with Crippen LogP contribution in [-0.4, -0.2) is 25.8 Å². The number of alkyl halides is 1.